The van der Waals surface area contributed by atoms with Gasteiger partial charge in [0, 0.05) is 18.0 Å². The average Bonchev–Trinajstić information content (AvgIpc) is 2.58. The van der Waals surface area contributed by atoms with Crippen LogP contribution in [0, 0.1) is 11.7 Å². The van der Waals surface area contributed by atoms with E-state index in [-0.39, 0.29) is 17.3 Å². The van der Waals surface area contributed by atoms with Crippen molar-refractivity contribution in [3.05, 3.63) is 29.6 Å². The van der Waals surface area contributed by atoms with E-state index in [4.69, 9.17) is 0 Å². The molecule has 1 aliphatic heterocycles. The Morgan fingerprint density at radius 1 is 1.33 bits per heavy atom. The molecular formula is C18H25FN2O2S. The maximum atomic E-state index is 13.8. The van der Waals surface area contributed by atoms with Gasteiger partial charge in [0.25, 0.3) is 0 Å². The molecule has 1 N–H and O–H groups in total. The molecule has 132 valence electrons. The first-order chi connectivity index (χ1) is 11.5. The van der Waals surface area contributed by atoms with Crippen LogP contribution in [0.25, 0.3) is 0 Å². The highest BCUT2D eigenvalue weighted by atomic mass is 32.2. The van der Waals surface area contributed by atoms with E-state index in [9.17, 15) is 14.0 Å². The monoisotopic (exact) mass is 352 g/mol. The number of hydrogen-bond acceptors (Lipinski definition) is 4. The maximum absolute atomic E-state index is 13.8. The number of hydrogen-bond donors (Lipinski definition) is 1. The fraction of sp³-hybridized carbons (Fsp3) is 0.556. The second-order valence-corrected chi connectivity index (χ2v) is 7.25. The summed E-state index contributed by atoms with van der Waals surface area (Å²) in [5, 5.41) is 3.17. The van der Waals surface area contributed by atoms with Gasteiger partial charge in [0.1, 0.15) is 5.82 Å². The van der Waals surface area contributed by atoms with Crippen molar-refractivity contribution in [2.45, 2.75) is 31.1 Å². The smallest absolute Gasteiger partial charge is 0.232 e. The van der Waals surface area contributed by atoms with Gasteiger partial charge in [0.15, 0.2) is 5.78 Å². The molecule has 1 fully saturated rings. The van der Waals surface area contributed by atoms with E-state index >= 15 is 0 Å². The van der Waals surface area contributed by atoms with Crippen LogP contribution in [-0.2, 0) is 4.79 Å². The Kier molecular flexibility index (Phi) is 7.24. The number of benzene rings is 1. The van der Waals surface area contributed by atoms with Crippen LogP contribution >= 0.6 is 11.8 Å². The molecule has 1 aliphatic rings. The van der Waals surface area contributed by atoms with Gasteiger partial charge in [-0.1, -0.05) is 0 Å². The van der Waals surface area contributed by atoms with Gasteiger partial charge in [-0.2, -0.15) is 0 Å². The standard InChI is InChI=1S/C18H25FN2O2S/c1-13(22)16-4-3-15(11-17(16)19)24-12-18(23)21-9-6-14(7-10-21)5-8-20-2/h3-4,11,14,20H,5-10,12H2,1-2H3. The number of halogens is 1. The maximum Gasteiger partial charge on any atom is 0.232 e. The van der Waals surface area contributed by atoms with E-state index in [0.29, 0.717) is 16.6 Å². The minimum Gasteiger partial charge on any atom is -0.342 e. The Morgan fingerprint density at radius 2 is 2.04 bits per heavy atom. The summed E-state index contributed by atoms with van der Waals surface area (Å²) in [5.41, 5.74) is 0.0920. The van der Waals surface area contributed by atoms with E-state index in [1.807, 2.05) is 11.9 Å². The molecule has 0 atom stereocenters. The Labute approximate surface area is 147 Å². The van der Waals surface area contributed by atoms with Crippen LogP contribution in [0.5, 0.6) is 0 Å². The van der Waals surface area contributed by atoms with Crippen LogP contribution in [0.4, 0.5) is 4.39 Å². The first kappa shape index (κ1) is 18.9. The third-order valence-electron chi connectivity index (χ3n) is 4.45. The largest absolute Gasteiger partial charge is 0.342 e. The number of amides is 1. The van der Waals surface area contributed by atoms with E-state index in [1.54, 1.807) is 6.07 Å². The van der Waals surface area contributed by atoms with E-state index in [2.05, 4.69) is 5.32 Å². The molecule has 0 spiro atoms. The number of nitrogens with one attached hydrogen (secondary N) is 1. The number of carbonyl (C=O) groups excluding carboxylic acids is 2. The number of nitrogens with zero attached hydrogens (tertiary/aromatic N) is 1. The van der Waals surface area contributed by atoms with Gasteiger partial charge in [-0.3, -0.25) is 9.59 Å². The third-order valence-corrected chi connectivity index (χ3v) is 5.43. The quantitative estimate of drug-likeness (QED) is 0.605. The van der Waals surface area contributed by atoms with Crippen molar-refractivity contribution < 1.29 is 14.0 Å². The van der Waals surface area contributed by atoms with Crippen molar-refractivity contribution in [2.24, 2.45) is 5.92 Å². The lowest BCUT2D eigenvalue weighted by molar-refractivity contribution is -0.129. The first-order valence-electron chi connectivity index (χ1n) is 8.37. The van der Waals surface area contributed by atoms with Gasteiger partial charge >= 0.3 is 0 Å². The van der Waals surface area contributed by atoms with Crippen LogP contribution in [0.1, 0.15) is 36.5 Å². The molecule has 0 bridgehead atoms. The summed E-state index contributed by atoms with van der Waals surface area (Å²) in [4.78, 5) is 26.1. The van der Waals surface area contributed by atoms with Crippen molar-refractivity contribution in [1.29, 1.82) is 0 Å². The zero-order chi connectivity index (χ0) is 17.5. The molecule has 0 radical (unpaired) electrons. The summed E-state index contributed by atoms with van der Waals surface area (Å²) < 4.78 is 13.8. The molecule has 1 heterocycles. The Bertz CT molecular complexity index is 586. The Morgan fingerprint density at radius 3 is 2.62 bits per heavy atom. The molecule has 1 amide bonds. The highest BCUT2D eigenvalue weighted by Gasteiger charge is 2.22. The van der Waals surface area contributed by atoms with Crippen molar-refractivity contribution in [2.75, 3.05) is 32.4 Å². The van der Waals surface area contributed by atoms with E-state index in [0.717, 1.165) is 38.9 Å². The molecule has 0 unspecified atom stereocenters. The second-order valence-electron chi connectivity index (χ2n) is 6.20. The molecular weight excluding hydrogens is 327 g/mol. The number of likely N-dealkylation sites (tertiary alicyclic amines) is 1. The molecule has 1 aromatic carbocycles. The predicted octanol–water partition coefficient (Wildman–Crippen LogP) is 2.97. The van der Waals surface area contributed by atoms with Gasteiger partial charge in [-0.05, 0) is 63.9 Å². The third kappa shape index (κ3) is 5.31. The predicted molar refractivity (Wildman–Crippen MR) is 95.0 cm³/mol. The summed E-state index contributed by atoms with van der Waals surface area (Å²) in [7, 11) is 1.96. The van der Waals surface area contributed by atoms with Gasteiger partial charge < -0.3 is 10.2 Å². The lowest BCUT2D eigenvalue weighted by Crippen LogP contribution is -2.39. The summed E-state index contributed by atoms with van der Waals surface area (Å²) in [6.45, 7) is 3.99. The van der Waals surface area contributed by atoms with Crippen molar-refractivity contribution in [3.63, 3.8) is 0 Å². The van der Waals surface area contributed by atoms with Gasteiger partial charge in [-0.25, -0.2) is 4.39 Å². The molecule has 0 aromatic heterocycles. The molecule has 24 heavy (non-hydrogen) atoms. The minimum absolute atomic E-state index is 0.0920. The zero-order valence-electron chi connectivity index (χ0n) is 14.3. The molecule has 4 nitrogen and oxygen atoms in total. The second kappa shape index (κ2) is 9.18. The van der Waals surface area contributed by atoms with Crippen LogP contribution < -0.4 is 5.32 Å². The molecule has 6 heteroatoms. The summed E-state index contributed by atoms with van der Waals surface area (Å²) in [6, 6.07) is 4.51. The summed E-state index contributed by atoms with van der Waals surface area (Å²) in [5.74, 6) is 0.289. The molecule has 0 aliphatic carbocycles. The molecule has 1 saturated heterocycles. The van der Waals surface area contributed by atoms with Crippen molar-refractivity contribution in [1.82, 2.24) is 10.2 Å². The topological polar surface area (TPSA) is 49.4 Å². The average molecular weight is 352 g/mol. The fourth-order valence-corrected chi connectivity index (χ4v) is 3.75. The normalized spacial score (nSPS) is 15.5. The van der Waals surface area contributed by atoms with E-state index < -0.39 is 5.82 Å². The lowest BCUT2D eigenvalue weighted by Gasteiger charge is -2.32. The first-order valence-corrected chi connectivity index (χ1v) is 9.35. The highest BCUT2D eigenvalue weighted by Crippen LogP contribution is 2.24. The van der Waals surface area contributed by atoms with Crippen LogP contribution in [0.2, 0.25) is 0 Å². The van der Waals surface area contributed by atoms with Crippen molar-refractivity contribution in [3.8, 4) is 0 Å². The molecule has 0 saturated carbocycles. The Hall–Kier alpha value is -1.40. The Balaban J connectivity index is 1.79. The minimum atomic E-state index is -0.523. The van der Waals surface area contributed by atoms with Crippen LogP contribution in [0.3, 0.4) is 0 Å². The zero-order valence-corrected chi connectivity index (χ0v) is 15.1. The van der Waals surface area contributed by atoms with Crippen LogP contribution in [0.15, 0.2) is 23.1 Å². The van der Waals surface area contributed by atoms with E-state index in [1.165, 1.54) is 30.8 Å². The van der Waals surface area contributed by atoms with Crippen molar-refractivity contribution >= 4 is 23.5 Å². The summed E-state index contributed by atoms with van der Waals surface area (Å²) in [6.07, 6.45) is 3.27. The molecule has 2 rings (SSSR count). The SMILES string of the molecule is CNCCC1CCN(C(=O)CSc2ccc(C(C)=O)c(F)c2)CC1. The van der Waals surface area contributed by atoms with Gasteiger partial charge in [-0.15, -0.1) is 11.8 Å². The number of Topliss-reactive ketones (excluding diaryl/α,β-unsaturated/α-hetero) is 1. The highest BCUT2D eigenvalue weighted by molar-refractivity contribution is 8.00. The number of carbonyl (C=O) groups is 2. The van der Waals surface area contributed by atoms with Crippen LogP contribution in [-0.4, -0.2) is 49.0 Å². The van der Waals surface area contributed by atoms with Gasteiger partial charge in [0.05, 0.1) is 11.3 Å². The number of thioether (sulfide) groups is 1. The number of piperidine rings is 1. The number of ketones is 1. The summed E-state index contributed by atoms with van der Waals surface area (Å²) >= 11 is 1.32. The fourth-order valence-electron chi connectivity index (χ4n) is 2.93. The van der Waals surface area contributed by atoms with Gasteiger partial charge in [0.2, 0.25) is 5.91 Å². The molecule has 1 aromatic rings. The lowest BCUT2D eigenvalue weighted by atomic mass is 9.93. The number of rotatable bonds is 7.